The van der Waals surface area contributed by atoms with Gasteiger partial charge in [-0.15, -0.1) is 0 Å². The molecule has 2 aliphatic heterocycles. The van der Waals surface area contributed by atoms with Gasteiger partial charge in [0.1, 0.15) is 11.9 Å². The van der Waals surface area contributed by atoms with Crippen LogP contribution in [0, 0.1) is 13.8 Å². The van der Waals surface area contributed by atoms with Gasteiger partial charge in [0, 0.05) is 37.0 Å². The predicted molar refractivity (Wildman–Crippen MR) is 115 cm³/mol. The van der Waals surface area contributed by atoms with Gasteiger partial charge in [0.15, 0.2) is 0 Å². The fourth-order valence-corrected chi connectivity index (χ4v) is 5.68. The quantitative estimate of drug-likeness (QED) is 0.704. The molecule has 2 fully saturated rings. The van der Waals surface area contributed by atoms with E-state index in [4.69, 9.17) is 4.74 Å². The second-order valence-corrected chi connectivity index (χ2v) is 10.1. The van der Waals surface area contributed by atoms with Crippen LogP contribution in [0.25, 0.3) is 0 Å². The normalized spacial score (nSPS) is 20.1. The number of benzene rings is 1. The first-order chi connectivity index (χ1) is 14.8. The molecule has 0 saturated carbocycles. The van der Waals surface area contributed by atoms with Crippen LogP contribution in [-0.4, -0.2) is 65.8 Å². The molecule has 1 atom stereocenters. The Morgan fingerprint density at radius 3 is 2.42 bits per heavy atom. The number of ether oxygens (including phenoxy) is 1. The Hall–Kier alpha value is -2.52. The number of likely N-dealkylation sites (tertiary alicyclic amines) is 1. The lowest BCUT2D eigenvalue weighted by Crippen LogP contribution is -2.44. The standard InChI is InChI=1S/C22H28N4O4S/c1-16-14-21(24-17(2)23-16)30-19-6-5-11-25(15-19)22(27)18-7-9-20(10-8-18)31(28,29)26-12-3-4-13-26/h7-10,14,19H,3-6,11-13,15H2,1-2H3. The highest BCUT2D eigenvalue weighted by Crippen LogP contribution is 2.23. The lowest BCUT2D eigenvalue weighted by atomic mass is 10.1. The van der Waals surface area contributed by atoms with Crippen molar-refractivity contribution >= 4 is 15.9 Å². The van der Waals surface area contributed by atoms with Crippen LogP contribution in [0.4, 0.5) is 0 Å². The SMILES string of the molecule is Cc1cc(OC2CCCN(C(=O)c3ccc(S(=O)(=O)N4CCCC4)cc3)C2)nc(C)n1. The zero-order valence-corrected chi connectivity index (χ0v) is 18.8. The van der Waals surface area contributed by atoms with Crippen LogP contribution in [0.15, 0.2) is 35.2 Å². The molecule has 0 N–H and O–H groups in total. The summed E-state index contributed by atoms with van der Waals surface area (Å²) in [6, 6.07) is 8.07. The van der Waals surface area contributed by atoms with E-state index < -0.39 is 10.0 Å². The van der Waals surface area contributed by atoms with Gasteiger partial charge in [-0.3, -0.25) is 4.79 Å². The number of piperidine rings is 1. The van der Waals surface area contributed by atoms with Gasteiger partial charge >= 0.3 is 0 Å². The molecule has 1 unspecified atom stereocenters. The van der Waals surface area contributed by atoms with E-state index in [0.29, 0.717) is 43.4 Å². The van der Waals surface area contributed by atoms with Gasteiger partial charge < -0.3 is 9.64 Å². The molecule has 166 valence electrons. The number of sulfonamides is 1. The van der Waals surface area contributed by atoms with E-state index in [-0.39, 0.29) is 16.9 Å². The number of aromatic nitrogens is 2. The van der Waals surface area contributed by atoms with Crippen molar-refractivity contribution < 1.29 is 17.9 Å². The molecule has 2 aromatic rings. The molecule has 1 aromatic heterocycles. The van der Waals surface area contributed by atoms with Gasteiger partial charge in [-0.1, -0.05) is 0 Å². The summed E-state index contributed by atoms with van der Waals surface area (Å²) in [4.78, 5) is 23.6. The summed E-state index contributed by atoms with van der Waals surface area (Å²) in [6.45, 7) is 5.95. The van der Waals surface area contributed by atoms with Gasteiger partial charge in [0.05, 0.1) is 11.4 Å². The molecule has 8 nitrogen and oxygen atoms in total. The van der Waals surface area contributed by atoms with Gasteiger partial charge in [0.25, 0.3) is 5.91 Å². The molecule has 1 aromatic carbocycles. The van der Waals surface area contributed by atoms with Crippen LogP contribution < -0.4 is 4.74 Å². The Kier molecular flexibility index (Phi) is 6.24. The van der Waals surface area contributed by atoms with E-state index in [1.807, 2.05) is 13.8 Å². The second kappa shape index (κ2) is 8.92. The van der Waals surface area contributed by atoms with Crippen molar-refractivity contribution in [2.75, 3.05) is 26.2 Å². The summed E-state index contributed by atoms with van der Waals surface area (Å²) in [6.07, 6.45) is 3.32. The summed E-state index contributed by atoms with van der Waals surface area (Å²) in [5, 5.41) is 0. The summed E-state index contributed by atoms with van der Waals surface area (Å²) in [7, 11) is -3.48. The first kappa shape index (κ1) is 21.7. The smallest absolute Gasteiger partial charge is 0.253 e. The van der Waals surface area contributed by atoms with E-state index in [1.165, 1.54) is 16.4 Å². The zero-order valence-electron chi connectivity index (χ0n) is 18.0. The Morgan fingerprint density at radius 1 is 1.03 bits per heavy atom. The van der Waals surface area contributed by atoms with Crippen LogP contribution in [-0.2, 0) is 10.0 Å². The molecular formula is C22H28N4O4S. The molecule has 9 heteroatoms. The Bertz CT molecular complexity index is 1030. The van der Waals surface area contributed by atoms with Gasteiger partial charge in [-0.05, 0) is 63.8 Å². The number of rotatable bonds is 5. The maximum atomic E-state index is 13.0. The number of carbonyl (C=O) groups excluding carboxylic acids is 1. The third kappa shape index (κ3) is 4.88. The average molecular weight is 445 g/mol. The molecule has 31 heavy (non-hydrogen) atoms. The first-order valence-corrected chi connectivity index (χ1v) is 12.2. The maximum absolute atomic E-state index is 13.0. The molecule has 0 bridgehead atoms. The van der Waals surface area contributed by atoms with Crippen LogP contribution in [0.2, 0.25) is 0 Å². The van der Waals surface area contributed by atoms with Gasteiger partial charge in [-0.2, -0.15) is 9.29 Å². The number of hydrogen-bond acceptors (Lipinski definition) is 6. The number of amides is 1. The second-order valence-electron chi connectivity index (χ2n) is 8.16. The van der Waals surface area contributed by atoms with Crippen LogP contribution >= 0.6 is 0 Å². The highest BCUT2D eigenvalue weighted by molar-refractivity contribution is 7.89. The molecule has 0 aliphatic carbocycles. The van der Waals surface area contributed by atoms with E-state index in [0.717, 1.165) is 31.4 Å². The van der Waals surface area contributed by atoms with Crippen molar-refractivity contribution in [2.24, 2.45) is 0 Å². The number of hydrogen-bond donors (Lipinski definition) is 0. The molecule has 0 spiro atoms. The maximum Gasteiger partial charge on any atom is 0.253 e. The first-order valence-electron chi connectivity index (χ1n) is 10.7. The third-order valence-corrected chi connectivity index (χ3v) is 7.61. The van der Waals surface area contributed by atoms with Gasteiger partial charge in [-0.25, -0.2) is 13.4 Å². The number of carbonyl (C=O) groups is 1. The Labute approximate surface area is 183 Å². The third-order valence-electron chi connectivity index (χ3n) is 5.70. The highest BCUT2D eigenvalue weighted by Gasteiger charge is 2.29. The largest absolute Gasteiger partial charge is 0.472 e. The lowest BCUT2D eigenvalue weighted by Gasteiger charge is -2.32. The zero-order chi connectivity index (χ0) is 22.0. The minimum absolute atomic E-state index is 0.117. The molecule has 3 heterocycles. The van der Waals surface area contributed by atoms with E-state index in [2.05, 4.69) is 9.97 Å². The topological polar surface area (TPSA) is 92.7 Å². The highest BCUT2D eigenvalue weighted by atomic mass is 32.2. The Balaban J connectivity index is 1.42. The fourth-order valence-electron chi connectivity index (χ4n) is 4.16. The van der Waals surface area contributed by atoms with Crippen molar-refractivity contribution in [3.63, 3.8) is 0 Å². The van der Waals surface area contributed by atoms with Crippen molar-refractivity contribution in [1.82, 2.24) is 19.2 Å². The average Bonchev–Trinajstić information content (AvgIpc) is 3.29. The Morgan fingerprint density at radius 2 is 1.74 bits per heavy atom. The van der Waals surface area contributed by atoms with Crippen molar-refractivity contribution in [2.45, 2.75) is 50.5 Å². The van der Waals surface area contributed by atoms with E-state index >= 15 is 0 Å². The predicted octanol–water partition coefficient (Wildman–Crippen LogP) is 2.56. The molecule has 0 radical (unpaired) electrons. The summed E-state index contributed by atoms with van der Waals surface area (Å²) >= 11 is 0. The lowest BCUT2D eigenvalue weighted by molar-refractivity contribution is 0.0526. The van der Waals surface area contributed by atoms with Crippen LogP contribution in [0.5, 0.6) is 5.88 Å². The minimum atomic E-state index is -3.48. The number of nitrogens with zero attached hydrogens (tertiary/aromatic N) is 4. The molecule has 4 rings (SSSR count). The van der Waals surface area contributed by atoms with E-state index in [9.17, 15) is 13.2 Å². The summed E-state index contributed by atoms with van der Waals surface area (Å²) in [5.41, 5.74) is 1.32. The number of aryl methyl sites for hydroxylation is 2. The van der Waals surface area contributed by atoms with Crippen molar-refractivity contribution in [3.8, 4) is 5.88 Å². The molecule has 1 amide bonds. The van der Waals surface area contributed by atoms with Crippen LogP contribution in [0.3, 0.4) is 0 Å². The van der Waals surface area contributed by atoms with Crippen molar-refractivity contribution in [3.05, 3.63) is 47.4 Å². The van der Waals surface area contributed by atoms with Crippen molar-refractivity contribution in [1.29, 1.82) is 0 Å². The fraction of sp³-hybridized carbons (Fsp3) is 0.500. The molecule has 2 saturated heterocycles. The molecular weight excluding hydrogens is 416 g/mol. The summed E-state index contributed by atoms with van der Waals surface area (Å²) < 4.78 is 32.9. The monoisotopic (exact) mass is 444 g/mol. The van der Waals surface area contributed by atoms with E-state index in [1.54, 1.807) is 23.1 Å². The minimum Gasteiger partial charge on any atom is -0.472 e. The van der Waals surface area contributed by atoms with Gasteiger partial charge in [0.2, 0.25) is 15.9 Å². The molecule has 2 aliphatic rings. The summed E-state index contributed by atoms with van der Waals surface area (Å²) in [5.74, 6) is 1.07. The van der Waals surface area contributed by atoms with Crippen LogP contribution in [0.1, 0.15) is 47.6 Å².